The highest BCUT2D eigenvalue weighted by Gasteiger charge is 2.73. The highest BCUT2D eigenvalue weighted by molar-refractivity contribution is 5.80. The number of epoxide rings is 1. The lowest BCUT2D eigenvalue weighted by Gasteiger charge is -2.46. The first-order chi connectivity index (χ1) is 7.28. The van der Waals surface area contributed by atoms with Gasteiger partial charge in [-0.05, 0) is 38.0 Å². The predicted octanol–water partition coefficient (Wildman–Crippen LogP) is 1.90. The number of fused-ring (bicyclic) bond motifs is 2. The third kappa shape index (κ3) is 1.25. The zero-order valence-corrected chi connectivity index (χ0v) is 9.20. The largest absolute Gasteiger partial charge is 0.464 e. The summed E-state index contributed by atoms with van der Waals surface area (Å²) < 4.78 is 10.7. The van der Waals surface area contributed by atoms with Crippen LogP contribution in [0.15, 0.2) is 0 Å². The van der Waals surface area contributed by atoms with E-state index >= 15 is 0 Å². The average molecular weight is 210 g/mol. The van der Waals surface area contributed by atoms with Crippen molar-refractivity contribution in [1.82, 2.24) is 0 Å². The number of carbonyl (C=O) groups excluding carboxylic acids is 1. The number of hydrogen-bond acceptors (Lipinski definition) is 3. The van der Waals surface area contributed by atoms with Crippen molar-refractivity contribution in [2.45, 2.75) is 50.7 Å². The maximum Gasteiger partial charge on any atom is 0.338 e. The molecule has 3 nitrogen and oxygen atoms in total. The van der Waals surface area contributed by atoms with Gasteiger partial charge in [0.15, 0.2) is 6.10 Å². The first-order valence-corrected chi connectivity index (χ1v) is 6.12. The van der Waals surface area contributed by atoms with Crippen molar-refractivity contribution in [3.05, 3.63) is 0 Å². The van der Waals surface area contributed by atoms with E-state index in [0.717, 1.165) is 12.3 Å². The molecular formula is C12H18O3. The molecule has 1 saturated heterocycles. The fraction of sp³-hybridized carbons (Fsp3) is 0.917. The minimum Gasteiger partial charge on any atom is -0.464 e. The highest BCUT2D eigenvalue weighted by atomic mass is 16.7. The van der Waals surface area contributed by atoms with Crippen molar-refractivity contribution in [1.29, 1.82) is 0 Å². The number of carbonyl (C=O) groups is 1. The molecule has 15 heavy (non-hydrogen) atoms. The van der Waals surface area contributed by atoms with E-state index in [2.05, 4.69) is 0 Å². The molecule has 4 atom stereocenters. The fourth-order valence-electron chi connectivity index (χ4n) is 3.58. The minimum absolute atomic E-state index is 0.0721. The Bertz CT molecular complexity index is 289. The van der Waals surface area contributed by atoms with E-state index in [1.54, 1.807) is 0 Å². The van der Waals surface area contributed by atoms with Crippen LogP contribution in [0, 0.1) is 11.8 Å². The summed E-state index contributed by atoms with van der Waals surface area (Å²) in [5.41, 5.74) is -0.0721. The van der Waals surface area contributed by atoms with Gasteiger partial charge in [0.1, 0.15) is 5.60 Å². The van der Waals surface area contributed by atoms with Gasteiger partial charge in [0.2, 0.25) is 0 Å². The van der Waals surface area contributed by atoms with Crippen molar-refractivity contribution >= 4 is 5.97 Å². The van der Waals surface area contributed by atoms with Crippen molar-refractivity contribution in [3.8, 4) is 0 Å². The summed E-state index contributed by atoms with van der Waals surface area (Å²) in [6.07, 6.45) is 6.13. The molecule has 2 aliphatic carbocycles. The fourth-order valence-corrected chi connectivity index (χ4v) is 3.58. The summed E-state index contributed by atoms with van der Waals surface area (Å²) in [6.45, 7) is 2.31. The maximum absolute atomic E-state index is 11.5. The van der Waals surface area contributed by atoms with Gasteiger partial charge in [-0.1, -0.05) is 12.8 Å². The zero-order valence-electron chi connectivity index (χ0n) is 9.20. The van der Waals surface area contributed by atoms with Gasteiger partial charge >= 0.3 is 5.97 Å². The molecule has 4 unspecified atom stereocenters. The molecule has 2 saturated carbocycles. The smallest absolute Gasteiger partial charge is 0.338 e. The Hall–Kier alpha value is -0.570. The molecule has 0 N–H and O–H groups in total. The van der Waals surface area contributed by atoms with E-state index in [0.29, 0.717) is 12.5 Å². The quantitative estimate of drug-likeness (QED) is 0.516. The second kappa shape index (κ2) is 3.21. The summed E-state index contributed by atoms with van der Waals surface area (Å²) >= 11 is 0. The highest BCUT2D eigenvalue weighted by Crippen LogP contribution is 2.64. The summed E-state index contributed by atoms with van der Waals surface area (Å²) in [5, 5.41) is 0. The molecule has 1 spiro atoms. The lowest BCUT2D eigenvalue weighted by molar-refractivity contribution is -0.144. The molecule has 0 amide bonds. The molecule has 3 aliphatic rings. The van der Waals surface area contributed by atoms with E-state index in [9.17, 15) is 4.79 Å². The van der Waals surface area contributed by atoms with Crippen LogP contribution in [0.4, 0.5) is 0 Å². The zero-order chi connectivity index (χ0) is 10.5. The minimum atomic E-state index is -0.225. The van der Waals surface area contributed by atoms with Crippen LogP contribution in [-0.2, 0) is 14.3 Å². The summed E-state index contributed by atoms with van der Waals surface area (Å²) in [4.78, 5) is 11.5. The van der Waals surface area contributed by atoms with Gasteiger partial charge in [-0.2, -0.15) is 0 Å². The summed E-state index contributed by atoms with van der Waals surface area (Å²) in [7, 11) is 0. The van der Waals surface area contributed by atoms with Crippen LogP contribution >= 0.6 is 0 Å². The number of hydrogen-bond donors (Lipinski definition) is 0. The Morgan fingerprint density at radius 3 is 3.00 bits per heavy atom. The van der Waals surface area contributed by atoms with Gasteiger partial charge < -0.3 is 9.47 Å². The molecule has 0 aromatic carbocycles. The number of ether oxygens (including phenoxy) is 2. The van der Waals surface area contributed by atoms with Gasteiger partial charge in [-0.15, -0.1) is 0 Å². The topological polar surface area (TPSA) is 38.8 Å². The van der Waals surface area contributed by atoms with Gasteiger partial charge in [-0.3, -0.25) is 0 Å². The molecule has 3 rings (SSSR count). The van der Waals surface area contributed by atoms with Crippen LogP contribution in [-0.4, -0.2) is 24.3 Å². The molecule has 0 aromatic rings. The second-order valence-corrected chi connectivity index (χ2v) is 5.06. The molecular weight excluding hydrogens is 192 g/mol. The monoisotopic (exact) mass is 210 g/mol. The van der Waals surface area contributed by atoms with Crippen molar-refractivity contribution in [2.75, 3.05) is 6.61 Å². The summed E-state index contributed by atoms with van der Waals surface area (Å²) in [5.74, 6) is 1.35. The Morgan fingerprint density at radius 1 is 1.47 bits per heavy atom. The Labute approximate surface area is 90.1 Å². The first kappa shape index (κ1) is 9.64. The van der Waals surface area contributed by atoms with Gasteiger partial charge in [0, 0.05) is 0 Å². The van der Waals surface area contributed by atoms with Gasteiger partial charge in [0.25, 0.3) is 0 Å². The molecule has 0 radical (unpaired) electrons. The van der Waals surface area contributed by atoms with Gasteiger partial charge in [-0.25, -0.2) is 4.79 Å². The van der Waals surface area contributed by atoms with Crippen molar-refractivity contribution in [2.24, 2.45) is 11.8 Å². The molecule has 0 bridgehead atoms. The normalized spacial score (nSPS) is 46.9. The lowest BCUT2D eigenvalue weighted by atomic mass is 9.57. The average Bonchev–Trinajstić information content (AvgIpc) is 2.95. The van der Waals surface area contributed by atoms with Crippen LogP contribution < -0.4 is 0 Å². The second-order valence-electron chi connectivity index (χ2n) is 5.06. The number of esters is 1. The molecule has 0 aromatic heterocycles. The van der Waals surface area contributed by atoms with Crippen LogP contribution in [0.5, 0.6) is 0 Å². The molecule has 84 valence electrons. The first-order valence-electron chi connectivity index (χ1n) is 6.12. The Kier molecular flexibility index (Phi) is 2.06. The predicted molar refractivity (Wildman–Crippen MR) is 54.3 cm³/mol. The van der Waals surface area contributed by atoms with Crippen LogP contribution in [0.1, 0.15) is 39.0 Å². The van der Waals surface area contributed by atoms with E-state index in [1.807, 2.05) is 6.92 Å². The van der Waals surface area contributed by atoms with Crippen LogP contribution in [0.3, 0.4) is 0 Å². The Balaban J connectivity index is 1.63. The van der Waals surface area contributed by atoms with Crippen molar-refractivity contribution in [3.63, 3.8) is 0 Å². The van der Waals surface area contributed by atoms with E-state index in [-0.39, 0.29) is 17.7 Å². The maximum atomic E-state index is 11.5. The van der Waals surface area contributed by atoms with E-state index in [4.69, 9.17) is 9.47 Å². The molecule has 3 fully saturated rings. The lowest BCUT2D eigenvalue weighted by Crippen LogP contribution is -2.49. The molecule has 1 aliphatic heterocycles. The molecule has 3 heteroatoms. The third-order valence-corrected chi connectivity index (χ3v) is 4.34. The molecule has 1 heterocycles. The number of rotatable bonds is 2. The van der Waals surface area contributed by atoms with E-state index < -0.39 is 0 Å². The third-order valence-electron chi connectivity index (χ3n) is 4.34. The van der Waals surface area contributed by atoms with Crippen molar-refractivity contribution < 1.29 is 14.3 Å². The van der Waals surface area contributed by atoms with Crippen LogP contribution in [0.2, 0.25) is 0 Å². The van der Waals surface area contributed by atoms with E-state index in [1.165, 1.54) is 25.7 Å². The van der Waals surface area contributed by atoms with Gasteiger partial charge in [0.05, 0.1) is 6.61 Å². The standard InChI is InChI=1S/C12H18O3/c1-2-14-11(13)10-12(15-10)7-8-5-3-4-6-9(8)12/h8-10H,2-7H2,1H3. The Morgan fingerprint density at radius 2 is 2.27 bits per heavy atom. The summed E-state index contributed by atoms with van der Waals surface area (Å²) in [6, 6.07) is 0. The van der Waals surface area contributed by atoms with Crippen LogP contribution in [0.25, 0.3) is 0 Å². The SMILES string of the molecule is CCOC(=O)C1OC12CC1CCCCC12.